The number of benzene rings is 1. The maximum atomic E-state index is 13.8. The minimum absolute atomic E-state index is 0.104. The molecule has 0 unspecified atom stereocenters. The molecule has 244 valence electrons. The fraction of sp³-hybridized carbons (Fsp3) is 0.457. The third-order valence-corrected chi connectivity index (χ3v) is 10.8. The molecule has 3 aromatic heterocycles. The molecule has 4 aromatic rings. The highest BCUT2D eigenvalue weighted by Gasteiger charge is 2.53. The average Bonchev–Trinajstić information content (AvgIpc) is 3.88. The first-order valence-corrected chi connectivity index (χ1v) is 16.7. The number of carbonyl (C=O) groups excluding carboxylic acids is 1. The number of aromatic nitrogens is 3. The van der Waals surface area contributed by atoms with Crippen molar-refractivity contribution in [3.05, 3.63) is 77.0 Å². The van der Waals surface area contributed by atoms with Gasteiger partial charge in [-0.25, -0.2) is 14.4 Å². The maximum absolute atomic E-state index is 13.8. The Labute approximate surface area is 272 Å². The molecule has 0 bridgehead atoms. The second-order valence-corrected chi connectivity index (χ2v) is 13.2. The molecule has 12 heteroatoms. The van der Waals surface area contributed by atoms with E-state index in [0.29, 0.717) is 42.5 Å². The van der Waals surface area contributed by atoms with Gasteiger partial charge in [-0.2, -0.15) is 0 Å². The highest BCUT2D eigenvalue weighted by molar-refractivity contribution is 6.06. The van der Waals surface area contributed by atoms with Crippen molar-refractivity contribution < 1.29 is 23.4 Å². The molecule has 0 radical (unpaired) electrons. The number of hydrogen-bond donors (Lipinski definition) is 2. The molecule has 3 fully saturated rings. The zero-order valence-electron chi connectivity index (χ0n) is 26.3. The van der Waals surface area contributed by atoms with Gasteiger partial charge in [0.05, 0.1) is 55.3 Å². The molecule has 4 aliphatic heterocycles. The Hall–Kier alpha value is -3.94. The Morgan fingerprint density at radius 3 is 2.64 bits per heavy atom. The van der Waals surface area contributed by atoms with Crippen molar-refractivity contribution in [2.75, 3.05) is 57.9 Å². The Balaban J connectivity index is 1.01. The van der Waals surface area contributed by atoms with E-state index in [9.17, 15) is 9.18 Å². The fourth-order valence-corrected chi connectivity index (χ4v) is 8.40. The Kier molecular flexibility index (Phi) is 7.05. The second kappa shape index (κ2) is 11.3. The number of nitrogens with one attached hydrogen (secondary N) is 2. The van der Waals surface area contributed by atoms with Crippen LogP contribution < -0.4 is 10.6 Å². The van der Waals surface area contributed by atoms with E-state index in [1.54, 1.807) is 12.4 Å². The first-order valence-electron chi connectivity index (χ1n) is 16.7. The first-order chi connectivity index (χ1) is 23.0. The Bertz CT molecular complexity index is 1860. The van der Waals surface area contributed by atoms with Gasteiger partial charge in [0.25, 0.3) is 5.91 Å². The van der Waals surface area contributed by atoms with Crippen LogP contribution in [0.5, 0.6) is 0 Å². The lowest BCUT2D eigenvalue weighted by Crippen LogP contribution is -2.51. The molecule has 1 amide bonds. The molecule has 1 aliphatic carbocycles. The van der Waals surface area contributed by atoms with Gasteiger partial charge in [0.15, 0.2) is 5.79 Å². The van der Waals surface area contributed by atoms with E-state index in [1.165, 1.54) is 17.7 Å². The topological polar surface area (TPSA) is 105 Å². The van der Waals surface area contributed by atoms with Crippen LogP contribution in [0.4, 0.5) is 15.9 Å². The van der Waals surface area contributed by atoms with E-state index in [-0.39, 0.29) is 17.3 Å². The summed E-state index contributed by atoms with van der Waals surface area (Å²) < 4.78 is 33.5. The molecule has 2 N–H and O–H groups in total. The number of carbonyl (C=O) groups is 1. The van der Waals surface area contributed by atoms with Crippen molar-refractivity contribution >= 4 is 23.1 Å². The third kappa shape index (κ3) is 4.93. The van der Waals surface area contributed by atoms with Crippen molar-refractivity contribution in [2.24, 2.45) is 0 Å². The highest BCUT2D eigenvalue weighted by Crippen LogP contribution is 2.52. The number of hydrogen-bond acceptors (Lipinski definition) is 9. The van der Waals surface area contributed by atoms with Crippen molar-refractivity contribution in [2.45, 2.75) is 50.1 Å². The van der Waals surface area contributed by atoms with E-state index in [2.05, 4.69) is 31.5 Å². The van der Waals surface area contributed by atoms with Crippen LogP contribution >= 0.6 is 0 Å². The minimum atomic E-state index is -0.439. The lowest BCUT2D eigenvalue weighted by Gasteiger charge is -2.47. The maximum Gasteiger partial charge on any atom is 0.254 e. The molecule has 47 heavy (non-hydrogen) atoms. The highest BCUT2D eigenvalue weighted by atomic mass is 19.1. The van der Waals surface area contributed by atoms with E-state index < -0.39 is 5.79 Å². The summed E-state index contributed by atoms with van der Waals surface area (Å²) in [5.74, 6) is -0.200. The standard InChI is InChI=1S/C35H38FN7O4/c36-23-5-10-43-29(21-37-31(43)19-23)24-1-3-27(32-25(24)20-38-33(32)44)39-30-4-2-26-28(40-30)22-42(12-11-41-13-15-45-16-14-41)34(26)6-8-35(9-7-34)46-17-18-47-35/h1-5,10,19,21H,6-9,11-18,20,22H2,(H,38,44)(H,39,40). The third-order valence-electron chi connectivity index (χ3n) is 10.8. The van der Waals surface area contributed by atoms with Crippen molar-refractivity contribution in [3.8, 4) is 11.3 Å². The molecule has 7 heterocycles. The van der Waals surface area contributed by atoms with Gasteiger partial charge in [-0.1, -0.05) is 12.1 Å². The summed E-state index contributed by atoms with van der Waals surface area (Å²) >= 11 is 0. The van der Waals surface area contributed by atoms with Crippen molar-refractivity contribution in [1.82, 2.24) is 29.5 Å². The number of imidazole rings is 1. The SMILES string of the molecule is O=C1NCc2c(-c3cnc4cc(F)ccn34)ccc(Nc3ccc4c(n3)CN(CCN3CCOCC3)C43CCC4(CC3)OCCO4)c21. The van der Waals surface area contributed by atoms with Crippen LogP contribution in [0.1, 0.15) is 52.9 Å². The lowest BCUT2D eigenvalue weighted by molar-refractivity contribution is -0.195. The Morgan fingerprint density at radius 2 is 1.81 bits per heavy atom. The van der Waals surface area contributed by atoms with Crippen LogP contribution in [0.2, 0.25) is 0 Å². The monoisotopic (exact) mass is 639 g/mol. The molecule has 5 aliphatic rings. The van der Waals surface area contributed by atoms with Crippen molar-refractivity contribution in [3.63, 3.8) is 0 Å². The summed E-state index contributed by atoms with van der Waals surface area (Å²) in [6.45, 7) is 8.00. The summed E-state index contributed by atoms with van der Waals surface area (Å²) in [4.78, 5) is 27.9. The predicted molar refractivity (Wildman–Crippen MR) is 172 cm³/mol. The molecule has 11 nitrogen and oxygen atoms in total. The fourth-order valence-electron chi connectivity index (χ4n) is 8.40. The molecule has 0 atom stereocenters. The number of morpholine rings is 1. The molecular formula is C35H38FN7O4. The molecule has 2 spiro atoms. The summed E-state index contributed by atoms with van der Waals surface area (Å²) in [5, 5.41) is 6.48. The van der Waals surface area contributed by atoms with Gasteiger partial charge in [0.1, 0.15) is 17.3 Å². The van der Waals surface area contributed by atoms with Gasteiger partial charge in [-0.15, -0.1) is 0 Å². The molecule has 2 saturated heterocycles. The lowest BCUT2D eigenvalue weighted by atomic mass is 9.74. The van der Waals surface area contributed by atoms with Crippen molar-refractivity contribution in [1.29, 1.82) is 0 Å². The summed E-state index contributed by atoms with van der Waals surface area (Å²) in [5.41, 5.74) is 6.66. The normalized spacial score (nSPS) is 21.9. The Morgan fingerprint density at radius 1 is 0.979 bits per heavy atom. The van der Waals surface area contributed by atoms with E-state index in [4.69, 9.17) is 19.2 Å². The van der Waals surface area contributed by atoms with Gasteiger partial charge < -0.3 is 24.8 Å². The van der Waals surface area contributed by atoms with Crippen LogP contribution in [-0.2, 0) is 32.8 Å². The van der Waals surface area contributed by atoms with Gasteiger partial charge in [-0.3, -0.25) is 19.0 Å². The van der Waals surface area contributed by atoms with Crippen LogP contribution in [0.25, 0.3) is 16.9 Å². The molecule has 1 aromatic carbocycles. The van der Waals surface area contributed by atoms with E-state index in [1.807, 2.05) is 22.6 Å². The predicted octanol–water partition coefficient (Wildman–Crippen LogP) is 4.18. The zero-order valence-corrected chi connectivity index (χ0v) is 26.3. The number of halogens is 1. The number of pyridine rings is 2. The largest absolute Gasteiger partial charge is 0.379 e. The second-order valence-electron chi connectivity index (χ2n) is 13.2. The van der Waals surface area contributed by atoms with Gasteiger partial charge >= 0.3 is 0 Å². The molecule has 9 rings (SSSR count). The number of rotatable bonds is 6. The van der Waals surface area contributed by atoms with Crippen LogP contribution in [0.3, 0.4) is 0 Å². The number of amides is 1. The number of anilines is 2. The minimum Gasteiger partial charge on any atom is -0.379 e. The van der Waals surface area contributed by atoms with Crippen LogP contribution in [0.15, 0.2) is 48.8 Å². The smallest absolute Gasteiger partial charge is 0.254 e. The van der Waals surface area contributed by atoms with Crippen LogP contribution in [-0.4, -0.2) is 88.5 Å². The number of fused-ring (bicyclic) bond motifs is 4. The average molecular weight is 640 g/mol. The zero-order chi connectivity index (χ0) is 31.6. The summed E-state index contributed by atoms with van der Waals surface area (Å²) in [7, 11) is 0. The quantitative estimate of drug-likeness (QED) is 0.322. The van der Waals surface area contributed by atoms with Crippen LogP contribution in [0, 0.1) is 5.82 Å². The summed E-state index contributed by atoms with van der Waals surface area (Å²) in [6, 6.07) is 11.0. The molecular weight excluding hydrogens is 601 g/mol. The van der Waals surface area contributed by atoms with E-state index in [0.717, 1.165) is 94.1 Å². The number of nitrogens with zero attached hydrogens (tertiary/aromatic N) is 5. The number of ether oxygens (including phenoxy) is 3. The summed E-state index contributed by atoms with van der Waals surface area (Å²) in [6.07, 6.45) is 7.05. The molecule has 1 saturated carbocycles. The first kappa shape index (κ1) is 29.2. The van der Waals surface area contributed by atoms with E-state index >= 15 is 0 Å². The van der Waals surface area contributed by atoms with Gasteiger partial charge in [0, 0.05) is 75.5 Å². The van der Waals surface area contributed by atoms with Gasteiger partial charge in [0.2, 0.25) is 0 Å². The van der Waals surface area contributed by atoms with Gasteiger partial charge in [-0.05, 0) is 42.2 Å².